The van der Waals surface area contributed by atoms with Crippen LogP contribution >= 0.6 is 15.9 Å². The van der Waals surface area contributed by atoms with E-state index in [1.54, 1.807) is 0 Å². The van der Waals surface area contributed by atoms with Gasteiger partial charge in [0.2, 0.25) is 0 Å². The second-order valence-electron chi connectivity index (χ2n) is 6.89. The Kier molecular flexibility index (Phi) is 6.55. The van der Waals surface area contributed by atoms with Crippen LogP contribution in [0.4, 0.5) is 11.5 Å². The molecule has 0 bridgehead atoms. The zero-order valence-electron chi connectivity index (χ0n) is 16.1. The molecule has 1 atom stereocenters. The number of aliphatic imine (C=N–C) groups is 1. The molecule has 27 heavy (non-hydrogen) atoms. The van der Waals surface area contributed by atoms with Crippen molar-refractivity contribution in [2.45, 2.75) is 19.0 Å². The fourth-order valence-electron chi connectivity index (χ4n) is 3.15. The van der Waals surface area contributed by atoms with Crippen LogP contribution in [-0.2, 0) is 6.54 Å². The molecule has 0 aliphatic carbocycles. The molecule has 1 aromatic carbocycles. The number of halogens is 1. The first-order chi connectivity index (χ1) is 13.0. The summed E-state index contributed by atoms with van der Waals surface area (Å²) in [4.78, 5) is 13.1. The molecule has 3 rings (SSSR count). The zero-order valence-corrected chi connectivity index (χ0v) is 17.7. The summed E-state index contributed by atoms with van der Waals surface area (Å²) in [5.41, 5.74) is 2.44. The van der Waals surface area contributed by atoms with Crippen molar-refractivity contribution < 1.29 is 0 Å². The van der Waals surface area contributed by atoms with Gasteiger partial charge in [-0.3, -0.25) is 4.99 Å². The third-order valence-corrected chi connectivity index (χ3v) is 5.20. The predicted molar refractivity (Wildman–Crippen MR) is 117 cm³/mol. The first-order valence-corrected chi connectivity index (χ1v) is 9.94. The third kappa shape index (κ3) is 5.35. The second kappa shape index (κ2) is 9.08. The molecule has 1 aliphatic rings. The van der Waals surface area contributed by atoms with E-state index in [0.717, 1.165) is 35.8 Å². The lowest BCUT2D eigenvalue weighted by atomic mass is 10.2. The van der Waals surface area contributed by atoms with Crippen LogP contribution in [0.5, 0.6) is 0 Å². The van der Waals surface area contributed by atoms with E-state index < -0.39 is 0 Å². The monoisotopic (exact) mass is 430 g/mol. The van der Waals surface area contributed by atoms with Gasteiger partial charge in [0.25, 0.3) is 0 Å². The van der Waals surface area contributed by atoms with Gasteiger partial charge in [-0.2, -0.15) is 0 Å². The van der Waals surface area contributed by atoms with E-state index in [1.807, 2.05) is 38.3 Å². The average Bonchev–Trinajstić information content (AvgIpc) is 3.14. The van der Waals surface area contributed by atoms with E-state index in [-0.39, 0.29) is 0 Å². The summed E-state index contributed by atoms with van der Waals surface area (Å²) in [6.07, 6.45) is 2.94. The van der Waals surface area contributed by atoms with Crippen LogP contribution in [0.1, 0.15) is 12.0 Å². The molecule has 1 aliphatic heterocycles. The molecule has 2 N–H and O–H groups in total. The molecule has 1 unspecified atom stereocenters. The summed E-state index contributed by atoms with van der Waals surface area (Å²) >= 11 is 3.50. The van der Waals surface area contributed by atoms with Crippen molar-refractivity contribution >= 4 is 33.4 Å². The zero-order chi connectivity index (χ0) is 19.2. The number of guanidine groups is 1. The third-order valence-electron chi connectivity index (χ3n) is 4.67. The molecule has 0 amide bonds. The van der Waals surface area contributed by atoms with Crippen LogP contribution in [0.15, 0.2) is 52.1 Å². The molecule has 0 spiro atoms. The standard InChI is InChI=1S/C20H27BrN6/c1-22-20(24-13-15-8-10-23-19(12-15)26(2)3)25-17-9-11-27(14-17)18-6-4-16(21)5-7-18/h4-8,10,12,17H,9,11,13-14H2,1-3H3,(H2,22,24,25). The maximum Gasteiger partial charge on any atom is 0.191 e. The summed E-state index contributed by atoms with van der Waals surface area (Å²) in [6, 6.07) is 13.0. The van der Waals surface area contributed by atoms with E-state index in [2.05, 4.69) is 71.8 Å². The van der Waals surface area contributed by atoms with E-state index in [0.29, 0.717) is 12.6 Å². The number of hydrogen-bond donors (Lipinski definition) is 2. The summed E-state index contributed by atoms with van der Waals surface area (Å²) in [5.74, 6) is 1.79. The molecule has 0 saturated carbocycles. The molecule has 144 valence electrons. The van der Waals surface area contributed by atoms with Gasteiger partial charge in [-0.1, -0.05) is 15.9 Å². The molecule has 2 aromatic rings. The van der Waals surface area contributed by atoms with Crippen LogP contribution in [-0.4, -0.2) is 51.2 Å². The van der Waals surface area contributed by atoms with E-state index >= 15 is 0 Å². The van der Waals surface area contributed by atoms with Crippen molar-refractivity contribution in [2.24, 2.45) is 4.99 Å². The van der Waals surface area contributed by atoms with Gasteiger partial charge in [-0.15, -0.1) is 0 Å². The van der Waals surface area contributed by atoms with E-state index in [9.17, 15) is 0 Å². The van der Waals surface area contributed by atoms with E-state index in [4.69, 9.17) is 0 Å². The average molecular weight is 431 g/mol. The molecule has 2 heterocycles. The van der Waals surface area contributed by atoms with Crippen molar-refractivity contribution in [3.63, 3.8) is 0 Å². The molecule has 0 radical (unpaired) electrons. The SMILES string of the molecule is CN=C(NCc1ccnc(N(C)C)c1)NC1CCN(c2ccc(Br)cc2)C1. The number of nitrogens with one attached hydrogen (secondary N) is 2. The van der Waals surface area contributed by atoms with Crippen LogP contribution in [0, 0.1) is 0 Å². The summed E-state index contributed by atoms with van der Waals surface area (Å²) in [6.45, 7) is 2.74. The Morgan fingerprint density at radius 1 is 1.30 bits per heavy atom. The topological polar surface area (TPSA) is 55.8 Å². The number of hydrogen-bond acceptors (Lipinski definition) is 4. The molecule has 6 nitrogen and oxygen atoms in total. The first-order valence-electron chi connectivity index (χ1n) is 9.15. The predicted octanol–water partition coefficient (Wildman–Crippen LogP) is 2.85. The Labute approximate surface area is 169 Å². The Morgan fingerprint density at radius 3 is 2.78 bits per heavy atom. The van der Waals surface area contributed by atoms with E-state index in [1.165, 1.54) is 11.3 Å². The number of pyridine rings is 1. The van der Waals surface area contributed by atoms with Gasteiger partial charge in [0, 0.05) is 63.2 Å². The number of aromatic nitrogens is 1. The molecular weight excluding hydrogens is 404 g/mol. The van der Waals surface area contributed by atoms with Crippen LogP contribution in [0.2, 0.25) is 0 Å². The maximum absolute atomic E-state index is 4.38. The highest BCUT2D eigenvalue weighted by Gasteiger charge is 2.23. The molecule has 1 saturated heterocycles. The fraction of sp³-hybridized carbons (Fsp3) is 0.400. The smallest absolute Gasteiger partial charge is 0.191 e. The molecule has 1 fully saturated rings. The number of anilines is 2. The maximum atomic E-state index is 4.38. The summed E-state index contributed by atoms with van der Waals surface area (Å²) in [5, 5.41) is 6.95. The lowest BCUT2D eigenvalue weighted by Crippen LogP contribution is -2.44. The normalized spacial score (nSPS) is 17.1. The largest absolute Gasteiger partial charge is 0.369 e. The Balaban J connectivity index is 1.52. The first kappa shape index (κ1) is 19.5. The van der Waals surface area contributed by atoms with Crippen LogP contribution in [0.3, 0.4) is 0 Å². The minimum Gasteiger partial charge on any atom is -0.369 e. The Hall–Kier alpha value is -2.28. The minimum atomic E-state index is 0.384. The van der Waals surface area contributed by atoms with Gasteiger partial charge in [0.1, 0.15) is 5.82 Å². The van der Waals surface area contributed by atoms with Crippen molar-refractivity contribution in [1.82, 2.24) is 15.6 Å². The van der Waals surface area contributed by atoms with Gasteiger partial charge in [0.15, 0.2) is 5.96 Å². The van der Waals surface area contributed by atoms with Crippen molar-refractivity contribution in [2.75, 3.05) is 44.0 Å². The van der Waals surface area contributed by atoms with Crippen molar-refractivity contribution in [3.8, 4) is 0 Å². The van der Waals surface area contributed by atoms with Gasteiger partial charge >= 0.3 is 0 Å². The van der Waals surface area contributed by atoms with Gasteiger partial charge in [-0.25, -0.2) is 4.98 Å². The lowest BCUT2D eigenvalue weighted by Gasteiger charge is -2.20. The van der Waals surface area contributed by atoms with Crippen molar-refractivity contribution in [1.29, 1.82) is 0 Å². The molecular formula is C20H27BrN6. The highest BCUT2D eigenvalue weighted by Crippen LogP contribution is 2.22. The van der Waals surface area contributed by atoms with Crippen LogP contribution < -0.4 is 20.4 Å². The summed E-state index contributed by atoms with van der Waals surface area (Å²) < 4.78 is 1.11. The molecule has 1 aromatic heterocycles. The number of rotatable bonds is 5. The number of nitrogens with zero attached hydrogens (tertiary/aromatic N) is 4. The van der Waals surface area contributed by atoms with Gasteiger partial charge < -0.3 is 20.4 Å². The minimum absolute atomic E-state index is 0.384. The van der Waals surface area contributed by atoms with Crippen molar-refractivity contribution in [3.05, 3.63) is 52.6 Å². The lowest BCUT2D eigenvalue weighted by molar-refractivity contribution is 0.648. The highest BCUT2D eigenvalue weighted by atomic mass is 79.9. The number of benzene rings is 1. The highest BCUT2D eigenvalue weighted by molar-refractivity contribution is 9.10. The van der Waals surface area contributed by atoms with Crippen LogP contribution in [0.25, 0.3) is 0 Å². The fourth-order valence-corrected chi connectivity index (χ4v) is 3.42. The second-order valence-corrected chi connectivity index (χ2v) is 7.81. The quantitative estimate of drug-likeness (QED) is 0.564. The van der Waals surface area contributed by atoms with Gasteiger partial charge in [0.05, 0.1) is 0 Å². The summed E-state index contributed by atoms with van der Waals surface area (Å²) in [7, 11) is 5.81. The Bertz CT molecular complexity index is 774. The Morgan fingerprint density at radius 2 is 2.07 bits per heavy atom. The molecule has 7 heteroatoms. The van der Waals surface area contributed by atoms with Gasteiger partial charge in [-0.05, 0) is 48.4 Å².